The van der Waals surface area contributed by atoms with Gasteiger partial charge in [0.15, 0.2) is 5.78 Å². The maximum Gasteiger partial charge on any atom is 0.167 e. The lowest BCUT2D eigenvalue weighted by Crippen LogP contribution is -2.31. The summed E-state index contributed by atoms with van der Waals surface area (Å²) >= 11 is 0. The smallest absolute Gasteiger partial charge is 0.167 e. The van der Waals surface area contributed by atoms with Crippen molar-refractivity contribution in [3.63, 3.8) is 0 Å². The molecule has 1 aliphatic rings. The number of nitrogens with one attached hydrogen (secondary N) is 1. The zero-order valence-corrected chi connectivity index (χ0v) is 8.91. The maximum absolute atomic E-state index is 11.5. The molecule has 1 heterocycles. The Morgan fingerprint density at radius 1 is 1.57 bits per heavy atom. The fraction of sp³-hybridized carbons (Fsp3) is 0.545. The summed E-state index contributed by atoms with van der Waals surface area (Å²) in [6, 6.07) is 0. The van der Waals surface area contributed by atoms with Crippen molar-refractivity contribution in [2.45, 2.75) is 26.3 Å². The molecule has 14 heavy (non-hydrogen) atoms. The summed E-state index contributed by atoms with van der Waals surface area (Å²) in [4.78, 5) is 11.5. The topological polar surface area (TPSA) is 38.3 Å². The van der Waals surface area contributed by atoms with Crippen LogP contribution in [0.4, 0.5) is 0 Å². The van der Waals surface area contributed by atoms with Gasteiger partial charge in [-0.2, -0.15) is 0 Å². The molecule has 0 aromatic carbocycles. The van der Waals surface area contributed by atoms with E-state index in [2.05, 4.69) is 5.32 Å². The van der Waals surface area contributed by atoms with E-state index in [4.69, 9.17) is 4.74 Å². The molecule has 3 heteroatoms. The van der Waals surface area contributed by atoms with E-state index in [1.807, 2.05) is 20.8 Å². The van der Waals surface area contributed by atoms with Crippen molar-refractivity contribution in [3.05, 3.63) is 24.6 Å². The molecule has 1 atom stereocenters. The summed E-state index contributed by atoms with van der Waals surface area (Å²) in [5, 5.41) is 3.11. The lowest BCUT2D eigenvalue weighted by molar-refractivity contribution is -0.117. The summed E-state index contributed by atoms with van der Waals surface area (Å²) in [6.45, 7) is 6.60. The Labute approximate surface area is 84.8 Å². The van der Waals surface area contributed by atoms with E-state index in [0.29, 0.717) is 6.61 Å². The number of ketones is 1. The average molecular weight is 195 g/mol. The number of rotatable bonds is 3. The Balaban J connectivity index is 2.36. The third-order valence-electron chi connectivity index (χ3n) is 1.81. The van der Waals surface area contributed by atoms with E-state index >= 15 is 0 Å². The molecule has 0 saturated heterocycles. The highest BCUT2D eigenvalue weighted by molar-refractivity contribution is 5.93. The van der Waals surface area contributed by atoms with E-state index in [-0.39, 0.29) is 17.2 Å². The van der Waals surface area contributed by atoms with Crippen molar-refractivity contribution in [2.24, 2.45) is 5.92 Å². The van der Waals surface area contributed by atoms with Gasteiger partial charge in [0.1, 0.15) is 6.61 Å². The predicted octanol–water partition coefficient (Wildman–Crippen LogP) is 1.62. The fourth-order valence-corrected chi connectivity index (χ4v) is 1.04. The molecule has 0 saturated carbocycles. The van der Waals surface area contributed by atoms with E-state index in [9.17, 15) is 4.79 Å². The summed E-state index contributed by atoms with van der Waals surface area (Å²) < 4.78 is 4.97. The van der Waals surface area contributed by atoms with Gasteiger partial charge in [0, 0.05) is 11.7 Å². The predicted molar refractivity (Wildman–Crippen MR) is 55.6 cm³/mol. The standard InChI is InChI=1S/C11H17NO2/c1-11(2,3)12-6-4-10(13)9-5-7-14-8-9/h4-7,9,12H,8H2,1-3H3/b6-4-. The van der Waals surface area contributed by atoms with Gasteiger partial charge in [0.25, 0.3) is 0 Å². The normalized spacial score (nSPS) is 21.2. The van der Waals surface area contributed by atoms with Crippen molar-refractivity contribution < 1.29 is 9.53 Å². The molecule has 0 spiro atoms. The van der Waals surface area contributed by atoms with Gasteiger partial charge in [-0.3, -0.25) is 4.79 Å². The molecule has 78 valence electrons. The molecule has 0 aromatic heterocycles. The SMILES string of the molecule is CC(C)(C)N/C=C\C(=O)C1C=COC1. The second-order valence-electron chi connectivity index (χ2n) is 4.40. The number of ether oxygens (including phenoxy) is 1. The first-order valence-corrected chi connectivity index (χ1v) is 4.75. The maximum atomic E-state index is 11.5. The second-order valence-corrected chi connectivity index (χ2v) is 4.40. The van der Waals surface area contributed by atoms with Crippen LogP contribution in [0, 0.1) is 5.92 Å². The Morgan fingerprint density at radius 3 is 2.79 bits per heavy atom. The summed E-state index contributed by atoms with van der Waals surface area (Å²) in [5.41, 5.74) is -0.00120. The molecule has 1 rings (SSSR count). The molecule has 1 N–H and O–H groups in total. The Bertz CT molecular complexity index is 261. The van der Waals surface area contributed by atoms with Crippen molar-refractivity contribution in [2.75, 3.05) is 6.61 Å². The monoisotopic (exact) mass is 195 g/mol. The minimum Gasteiger partial charge on any atom is -0.500 e. The van der Waals surface area contributed by atoms with Crippen LogP contribution >= 0.6 is 0 Å². The van der Waals surface area contributed by atoms with Crippen LogP contribution in [-0.4, -0.2) is 17.9 Å². The van der Waals surface area contributed by atoms with Crippen molar-refractivity contribution in [3.8, 4) is 0 Å². The van der Waals surface area contributed by atoms with Crippen LogP contribution in [0.5, 0.6) is 0 Å². The fourth-order valence-electron chi connectivity index (χ4n) is 1.04. The van der Waals surface area contributed by atoms with Gasteiger partial charge in [-0.1, -0.05) is 0 Å². The average Bonchev–Trinajstić information content (AvgIpc) is 2.53. The van der Waals surface area contributed by atoms with Gasteiger partial charge in [-0.05, 0) is 32.9 Å². The number of carbonyl (C=O) groups is 1. The molecule has 0 aromatic rings. The van der Waals surface area contributed by atoms with Crippen molar-refractivity contribution in [1.29, 1.82) is 0 Å². The van der Waals surface area contributed by atoms with Crippen LogP contribution in [-0.2, 0) is 9.53 Å². The van der Waals surface area contributed by atoms with E-state index in [1.165, 1.54) is 0 Å². The van der Waals surface area contributed by atoms with Crippen LogP contribution in [0.15, 0.2) is 24.6 Å². The molecule has 0 radical (unpaired) electrons. The molecule has 3 nitrogen and oxygen atoms in total. The molecular formula is C11H17NO2. The van der Waals surface area contributed by atoms with Crippen LogP contribution in [0.1, 0.15) is 20.8 Å². The Morgan fingerprint density at radius 2 is 2.29 bits per heavy atom. The van der Waals surface area contributed by atoms with E-state index < -0.39 is 0 Å². The summed E-state index contributed by atoms with van der Waals surface area (Å²) in [7, 11) is 0. The van der Waals surface area contributed by atoms with Gasteiger partial charge in [-0.15, -0.1) is 0 Å². The zero-order chi connectivity index (χ0) is 10.6. The van der Waals surface area contributed by atoms with Crippen LogP contribution < -0.4 is 5.32 Å². The number of allylic oxidation sites excluding steroid dienone is 1. The zero-order valence-electron chi connectivity index (χ0n) is 8.91. The Hall–Kier alpha value is -1.25. The van der Waals surface area contributed by atoms with Gasteiger partial charge in [0.05, 0.1) is 12.2 Å². The highest BCUT2D eigenvalue weighted by Crippen LogP contribution is 2.09. The quantitative estimate of drug-likeness (QED) is 0.695. The molecule has 0 fully saturated rings. The highest BCUT2D eigenvalue weighted by Gasteiger charge is 2.16. The lowest BCUT2D eigenvalue weighted by Gasteiger charge is -2.18. The van der Waals surface area contributed by atoms with Crippen molar-refractivity contribution in [1.82, 2.24) is 5.32 Å². The lowest BCUT2D eigenvalue weighted by atomic mass is 10.1. The number of carbonyl (C=O) groups excluding carboxylic acids is 1. The van der Waals surface area contributed by atoms with Gasteiger partial charge in [-0.25, -0.2) is 0 Å². The molecule has 1 unspecified atom stereocenters. The van der Waals surface area contributed by atoms with Gasteiger partial charge < -0.3 is 10.1 Å². The first kappa shape index (κ1) is 10.8. The second kappa shape index (κ2) is 4.31. The minimum absolute atomic E-state index is 0.00120. The first-order chi connectivity index (χ1) is 6.49. The molecule has 0 amide bonds. The first-order valence-electron chi connectivity index (χ1n) is 4.75. The summed E-state index contributed by atoms with van der Waals surface area (Å²) in [5.74, 6) is -0.0245. The van der Waals surface area contributed by atoms with Crippen LogP contribution in [0.2, 0.25) is 0 Å². The minimum atomic E-state index is -0.104. The van der Waals surface area contributed by atoms with E-state index in [1.54, 1.807) is 24.6 Å². The number of hydrogen-bond acceptors (Lipinski definition) is 3. The van der Waals surface area contributed by atoms with Crippen molar-refractivity contribution >= 4 is 5.78 Å². The highest BCUT2D eigenvalue weighted by atomic mass is 16.5. The number of hydrogen-bond donors (Lipinski definition) is 1. The largest absolute Gasteiger partial charge is 0.500 e. The van der Waals surface area contributed by atoms with Gasteiger partial charge in [0.2, 0.25) is 0 Å². The molecule has 1 aliphatic heterocycles. The molecular weight excluding hydrogens is 178 g/mol. The van der Waals surface area contributed by atoms with Gasteiger partial charge >= 0.3 is 0 Å². The Kier molecular flexibility index (Phi) is 3.33. The third-order valence-corrected chi connectivity index (χ3v) is 1.81. The van der Waals surface area contributed by atoms with Crippen LogP contribution in [0.3, 0.4) is 0 Å². The van der Waals surface area contributed by atoms with E-state index in [0.717, 1.165) is 0 Å². The summed E-state index contributed by atoms with van der Waals surface area (Å²) in [6.07, 6.45) is 6.63. The van der Waals surface area contributed by atoms with Crippen LogP contribution in [0.25, 0.3) is 0 Å². The third kappa shape index (κ3) is 3.64. The molecule has 0 bridgehead atoms. The molecule has 0 aliphatic carbocycles.